The largest absolute Gasteiger partial charge is 0.322 e. The highest BCUT2D eigenvalue weighted by molar-refractivity contribution is 7.98. The lowest BCUT2D eigenvalue weighted by atomic mass is 10.0. The van der Waals surface area contributed by atoms with Gasteiger partial charge in [-0.25, -0.2) is 9.37 Å². The average Bonchev–Trinajstić information content (AvgIpc) is 2.85. The maximum Gasteiger partial charge on any atom is 0.168 e. The Morgan fingerprint density at radius 3 is 2.41 bits per heavy atom. The lowest BCUT2D eigenvalue weighted by Gasteiger charge is -2.08. The number of benzene rings is 2. The molecule has 0 atom stereocenters. The van der Waals surface area contributed by atoms with Crippen LogP contribution in [-0.4, -0.2) is 15.8 Å². The highest BCUT2D eigenvalue weighted by atomic mass is 32.2. The van der Waals surface area contributed by atoms with Crippen molar-refractivity contribution < 1.29 is 4.39 Å². The van der Waals surface area contributed by atoms with Crippen molar-refractivity contribution in [3.63, 3.8) is 0 Å². The first-order valence-electron chi connectivity index (χ1n) is 7.04. The van der Waals surface area contributed by atoms with Crippen molar-refractivity contribution in [1.29, 1.82) is 0 Å². The third kappa shape index (κ3) is 2.66. The molecular weight excluding hydrogens is 295 g/mol. The summed E-state index contributed by atoms with van der Waals surface area (Å²) in [6.45, 7) is 2.08. The van der Waals surface area contributed by atoms with E-state index in [1.807, 2.05) is 19.4 Å². The Balaban J connectivity index is 2.24. The summed E-state index contributed by atoms with van der Waals surface area (Å²) in [5.41, 5.74) is 5.19. The highest BCUT2D eigenvalue weighted by Gasteiger charge is 2.17. The minimum atomic E-state index is -0.234. The molecule has 0 bridgehead atoms. The number of rotatable bonds is 3. The van der Waals surface area contributed by atoms with Gasteiger partial charge in [0.15, 0.2) is 5.16 Å². The normalized spacial score (nSPS) is 10.9. The van der Waals surface area contributed by atoms with E-state index in [1.165, 1.54) is 17.7 Å². The molecule has 4 heteroatoms. The molecule has 0 amide bonds. The third-order valence-corrected chi connectivity index (χ3v) is 4.38. The summed E-state index contributed by atoms with van der Waals surface area (Å²) in [5, 5.41) is 0.941. The zero-order valence-electron chi connectivity index (χ0n) is 12.8. The van der Waals surface area contributed by atoms with Crippen LogP contribution in [0.4, 0.5) is 4.39 Å². The van der Waals surface area contributed by atoms with Crippen molar-refractivity contribution >= 4 is 11.8 Å². The van der Waals surface area contributed by atoms with Crippen LogP contribution in [0.2, 0.25) is 0 Å². The van der Waals surface area contributed by atoms with E-state index in [0.29, 0.717) is 0 Å². The van der Waals surface area contributed by atoms with E-state index in [4.69, 9.17) is 4.98 Å². The molecule has 22 heavy (non-hydrogen) atoms. The molecule has 0 aliphatic heterocycles. The van der Waals surface area contributed by atoms with Crippen molar-refractivity contribution in [3.05, 3.63) is 59.9 Å². The second-order valence-electron chi connectivity index (χ2n) is 5.23. The molecule has 2 aromatic carbocycles. The fraction of sp³-hybridized carbons (Fsp3) is 0.167. The molecule has 3 rings (SSSR count). The van der Waals surface area contributed by atoms with Crippen LogP contribution in [0.5, 0.6) is 0 Å². The van der Waals surface area contributed by atoms with Crippen molar-refractivity contribution in [3.8, 4) is 22.5 Å². The van der Waals surface area contributed by atoms with Gasteiger partial charge >= 0.3 is 0 Å². The smallest absolute Gasteiger partial charge is 0.168 e. The summed E-state index contributed by atoms with van der Waals surface area (Å²) >= 11 is 1.60. The van der Waals surface area contributed by atoms with Crippen LogP contribution in [0.15, 0.2) is 53.7 Å². The molecule has 0 N–H and O–H groups in total. The minimum Gasteiger partial charge on any atom is -0.322 e. The molecule has 3 aromatic rings. The van der Waals surface area contributed by atoms with Crippen LogP contribution in [0, 0.1) is 12.7 Å². The zero-order valence-corrected chi connectivity index (χ0v) is 13.6. The Hall–Kier alpha value is -2.07. The average molecular weight is 312 g/mol. The van der Waals surface area contributed by atoms with Gasteiger partial charge in [-0.3, -0.25) is 0 Å². The molecule has 0 radical (unpaired) electrons. The predicted molar refractivity (Wildman–Crippen MR) is 90.6 cm³/mol. The number of nitrogens with zero attached hydrogens (tertiary/aromatic N) is 2. The molecule has 1 heterocycles. The summed E-state index contributed by atoms with van der Waals surface area (Å²) in [6.07, 6.45) is 2.01. The molecule has 0 unspecified atom stereocenters. The Kier molecular flexibility index (Phi) is 4.03. The van der Waals surface area contributed by atoms with Gasteiger partial charge in [0, 0.05) is 18.2 Å². The van der Waals surface area contributed by atoms with Crippen LogP contribution in [0.1, 0.15) is 5.56 Å². The van der Waals surface area contributed by atoms with E-state index in [9.17, 15) is 4.39 Å². The molecular formula is C18H17FN2S. The van der Waals surface area contributed by atoms with Gasteiger partial charge in [0.1, 0.15) is 5.82 Å². The van der Waals surface area contributed by atoms with Crippen LogP contribution in [0.25, 0.3) is 22.5 Å². The summed E-state index contributed by atoms with van der Waals surface area (Å²) in [7, 11) is 2.02. The maximum atomic E-state index is 13.2. The van der Waals surface area contributed by atoms with Gasteiger partial charge in [0.05, 0.1) is 11.4 Å². The second-order valence-corrected chi connectivity index (χ2v) is 6.00. The third-order valence-electron chi connectivity index (χ3n) is 3.65. The molecule has 0 aliphatic rings. The van der Waals surface area contributed by atoms with Gasteiger partial charge in [-0.1, -0.05) is 35.5 Å². The Bertz CT molecular complexity index is 806. The van der Waals surface area contributed by atoms with Crippen LogP contribution >= 0.6 is 11.8 Å². The van der Waals surface area contributed by atoms with Gasteiger partial charge < -0.3 is 4.57 Å². The van der Waals surface area contributed by atoms with E-state index in [0.717, 1.165) is 27.7 Å². The molecule has 0 fully saturated rings. The van der Waals surface area contributed by atoms with Gasteiger partial charge in [-0.15, -0.1) is 0 Å². The minimum absolute atomic E-state index is 0.234. The summed E-state index contributed by atoms with van der Waals surface area (Å²) in [6, 6.07) is 14.9. The van der Waals surface area contributed by atoms with E-state index < -0.39 is 0 Å². The Morgan fingerprint density at radius 1 is 1.05 bits per heavy atom. The van der Waals surface area contributed by atoms with Crippen LogP contribution < -0.4 is 0 Å². The zero-order chi connectivity index (χ0) is 15.7. The topological polar surface area (TPSA) is 17.8 Å². The first-order valence-corrected chi connectivity index (χ1v) is 8.26. The van der Waals surface area contributed by atoms with Crippen LogP contribution in [0.3, 0.4) is 0 Å². The fourth-order valence-electron chi connectivity index (χ4n) is 2.59. The molecule has 0 aliphatic carbocycles. The Labute approximate surface area is 134 Å². The van der Waals surface area contributed by atoms with E-state index in [1.54, 1.807) is 23.9 Å². The molecule has 2 nitrogen and oxygen atoms in total. The molecule has 0 saturated carbocycles. The fourth-order valence-corrected chi connectivity index (χ4v) is 3.14. The van der Waals surface area contributed by atoms with Crippen molar-refractivity contribution in [2.45, 2.75) is 12.1 Å². The van der Waals surface area contributed by atoms with Crippen molar-refractivity contribution in [1.82, 2.24) is 9.55 Å². The van der Waals surface area contributed by atoms with Crippen molar-refractivity contribution in [2.24, 2.45) is 7.05 Å². The predicted octanol–water partition coefficient (Wildman–Crippen LogP) is 4.92. The highest BCUT2D eigenvalue weighted by Crippen LogP contribution is 2.34. The standard InChI is InChI=1S/C18H17FN2S/c1-12-5-4-6-14(11-12)17-16(20-18(22-3)21(17)2)13-7-9-15(19)10-8-13/h4-11H,1-3H3. The van der Waals surface area contributed by atoms with Gasteiger partial charge in [0.2, 0.25) is 0 Å². The van der Waals surface area contributed by atoms with E-state index >= 15 is 0 Å². The first kappa shape index (κ1) is 14.9. The monoisotopic (exact) mass is 312 g/mol. The summed E-state index contributed by atoms with van der Waals surface area (Å²) in [4.78, 5) is 4.74. The number of thioether (sulfide) groups is 1. The number of aryl methyl sites for hydroxylation is 1. The van der Waals surface area contributed by atoms with Gasteiger partial charge in [0.25, 0.3) is 0 Å². The Morgan fingerprint density at radius 2 is 1.77 bits per heavy atom. The number of hydrogen-bond donors (Lipinski definition) is 0. The molecule has 112 valence electrons. The molecule has 0 saturated heterocycles. The first-order chi connectivity index (χ1) is 10.6. The molecule has 0 spiro atoms. The second kappa shape index (κ2) is 5.97. The maximum absolute atomic E-state index is 13.2. The quantitative estimate of drug-likeness (QED) is 0.639. The SMILES string of the molecule is CSc1nc(-c2ccc(F)cc2)c(-c2cccc(C)c2)n1C. The van der Waals surface area contributed by atoms with Gasteiger partial charge in [-0.05, 0) is 43.5 Å². The van der Waals surface area contributed by atoms with Gasteiger partial charge in [-0.2, -0.15) is 0 Å². The van der Waals surface area contributed by atoms with Crippen molar-refractivity contribution in [2.75, 3.05) is 6.26 Å². The number of aromatic nitrogens is 2. The lowest BCUT2D eigenvalue weighted by molar-refractivity contribution is 0.628. The van der Waals surface area contributed by atoms with Crippen LogP contribution in [-0.2, 0) is 7.05 Å². The number of halogens is 1. The number of imidazole rings is 1. The summed E-state index contributed by atoms with van der Waals surface area (Å²) in [5.74, 6) is -0.234. The van der Waals surface area contributed by atoms with E-state index in [2.05, 4.69) is 29.7 Å². The summed E-state index contributed by atoms with van der Waals surface area (Å²) < 4.78 is 15.3. The molecule has 1 aromatic heterocycles. The van der Waals surface area contributed by atoms with E-state index in [-0.39, 0.29) is 5.82 Å². The lowest BCUT2D eigenvalue weighted by Crippen LogP contribution is -1.94. The number of hydrogen-bond acceptors (Lipinski definition) is 2.